The molecule has 1 aliphatic rings. The number of benzene rings is 1. The summed E-state index contributed by atoms with van der Waals surface area (Å²) in [5.74, 6) is 0.788. The number of nitrogens with one attached hydrogen (secondary N) is 1. The molecule has 1 aromatic rings. The van der Waals surface area contributed by atoms with Crippen molar-refractivity contribution in [2.45, 2.75) is 19.4 Å². The van der Waals surface area contributed by atoms with Crippen LogP contribution < -0.4 is 20.7 Å². The normalized spacial score (nSPS) is 19.6. The molecule has 3 N–H and O–H groups in total. The van der Waals surface area contributed by atoms with Gasteiger partial charge in [0.25, 0.3) is 0 Å². The molecule has 1 unspecified atom stereocenters. The van der Waals surface area contributed by atoms with Gasteiger partial charge in [-0.05, 0) is 12.5 Å². The van der Waals surface area contributed by atoms with Gasteiger partial charge in [0, 0.05) is 36.6 Å². The smallest absolute Gasteiger partial charge is 0.242 e. The lowest BCUT2D eigenvalue weighted by Crippen LogP contribution is -2.55. The number of carbonyl (C=O) groups is 1. The van der Waals surface area contributed by atoms with Crippen molar-refractivity contribution in [3.63, 3.8) is 0 Å². The van der Waals surface area contributed by atoms with Crippen LogP contribution in [0.4, 0.5) is 11.4 Å². The predicted molar refractivity (Wildman–Crippen MR) is 71.8 cm³/mol. The van der Waals surface area contributed by atoms with Crippen LogP contribution in [-0.2, 0) is 4.79 Å². The van der Waals surface area contributed by atoms with E-state index in [1.165, 1.54) is 0 Å². The largest absolute Gasteiger partial charge is 0.497 e. The van der Waals surface area contributed by atoms with Crippen molar-refractivity contribution in [2.75, 3.05) is 30.8 Å². The molecule has 2 rings (SSSR count). The average molecular weight is 249 g/mol. The van der Waals surface area contributed by atoms with Gasteiger partial charge in [0.1, 0.15) is 11.8 Å². The van der Waals surface area contributed by atoms with Crippen LogP contribution in [0, 0.1) is 0 Å². The van der Waals surface area contributed by atoms with E-state index in [0.29, 0.717) is 18.0 Å². The third kappa shape index (κ3) is 2.34. The average Bonchev–Trinajstić information content (AvgIpc) is 2.37. The quantitative estimate of drug-likeness (QED) is 0.784. The second-order valence-electron chi connectivity index (χ2n) is 4.37. The van der Waals surface area contributed by atoms with Crippen LogP contribution >= 0.6 is 0 Å². The fourth-order valence-electron chi connectivity index (χ4n) is 2.32. The number of anilines is 2. The number of ether oxygens (including phenoxy) is 1. The van der Waals surface area contributed by atoms with Crippen molar-refractivity contribution < 1.29 is 9.53 Å². The lowest BCUT2D eigenvalue weighted by atomic mass is 10.1. The van der Waals surface area contributed by atoms with Crippen LogP contribution in [0.15, 0.2) is 18.2 Å². The van der Waals surface area contributed by atoms with Gasteiger partial charge in [0.05, 0.1) is 7.11 Å². The number of nitrogens with zero attached hydrogens (tertiary/aromatic N) is 1. The lowest BCUT2D eigenvalue weighted by molar-refractivity contribution is -0.123. The van der Waals surface area contributed by atoms with Crippen molar-refractivity contribution in [1.29, 1.82) is 0 Å². The highest BCUT2D eigenvalue weighted by Gasteiger charge is 2.28. The van der Waals surface area contributed by atoms with E-state index in [1.807, 2.05) is 19.1 Å². The first kappa shape index (κ1) is 12.5. The first-order chi connectivity index (χ1) is 8.65. The molecular formula is C13H19N3O2. The van der Waals surface area contributed by atoms with Crippen molar-refractivity contribution in [2.24, 2.45) is 0 Å². The third-order valence-corrected chi connectivity index (χ3v) is 3.20. The van der Waals surface area contributed by atoms with Crippen LogP contribution in [0.1, 0.15) is 13.3 Å². The number of nitrogens with two attached hydrogens (primary N) is 1. The monoisotopic (exact) mass is 249 g/mol. The van der Waals surface area contributed by atoms with Gasteiger partial charge in [-0.25, -0.2) is 0 Å². The van der Waals surface area contributed by atoms with E-state index in [0.717, 1.165) is 18.7 Å². The first-order valence-corrected chi connectivity index (χ1v) is 6.14. The second kappa shape index (κ2) is 5.16. The van der Waals surface area contributed by atoms with Crippen molar-refractivity contribution in [3.8, 4) is 5.75 Å². The number of amides is 1. The Kier molecular flexibility index (Phi) is 3.60. The Hall–Kier alpha value is -1.91. The molecule has 0 aromatic heterocycles. The molecule has 1 amide bonds. The molecule has 0 spiro atoms. The predicted octanol–water partition coefficient (Wildman–Crippen LogP) is 0.992. The summed E-state index contributed by atoms with van der Waals surface area (Å²) >= 11 is 0. The van der Waals surface area contributed by atoms with Crippen LogP contribution in [0.25, 0.3) is 0 Å². The Balaban J connectivity index is 2.34. The molecule has 0 aliphatic carbocycles. The summed E-state index contributed by atoms with van der Waals surface area (Å²) in [4.78, 5) is 13.9. The lowest BCUT2D eigenvalue weighted by Gasteiger charge is -2.36. The van der Waals surface area contributed by atoms with Gasteiger partial charge in [-0.2, -0.15) is 0 Å². The molecule has 1 heterocycles. The number of rotatable bonds is 3. The van der Waals surface area contributed by atoms with Gasteiger partial charge in [-0.3, -0.25) is 4.79 Å². The molecule has 0 radical (unpaired) electrons. The number of nitrogen functional groups attached to an aromatic ring is 1. The Morgan fingerprint density at radius 3 is 2.94 bits per heavy atom. The van der Waals surface area contributed by atoms with Gasteiger partial charge >= 0.3 is 0 Å². The van der Waals surface area contributed by atoms with Gasteiger partial charge < -0.3 is 20.7 Å². The summed E-state index contributed by atoms with van der Waals surface area (Å²) in [5.41, 5.74) is 7.44. The summed E-state index contributed by atoms with van der Waals surface area (Å²) in [6.07, 6.45) is 0.767. The summed E-state index contributed by atoms with van der Waals surface area (Å²) < 4.78 is 5.21. The maximum absolute atomic E-state index is 11.8. The molecule has 1 fully saturated rings. The zero-order valence-corrected chi connectivity index (χ0v) is 10.8. The van der Waals surface area contributed by atoms with E-state index in [9.17, 15) is 4.79 Å². The van der Waals surface area contributed by atoms with E-state index < -0.39 is 0 Å². The SMILES string of the molecule is CCC1C(=O)NCCN1c1cc(N)cc(OC)c1. The molecule has 5 nitrogen and oxygen atoms in total. The topological polar surface area (TPSA) is 67.6 Å². The third-order valence-electron chi connectivity index (χ3n) is 3.20. The van der Waals surface area contributed by atoms with E-state index in [2.05, 4.69) is 10.2 Å². The maximum Gasteiger partial charge on any atom is 0.242 e. The second-order valence-corrected chi connectivity index (χ2v) is 4.37. The zero-order valence-electron chi connectivity index (χ0n) is 10.8. The highest BCUT2D eigenvalue weighted by atomic mass is 16.5. The summed E-state index contributed by atoms with van der Waals surface area (Å²) in [5, 5.41) is 2.88. The van der Waals surface area contributed by atoms with E-state index in [1.54, 1.807) is 13.2 Å². The van der Waals surface area contributed by atoms with Crippen molar-refractivity contribution in [1.82, 2.24) is 5.32 Å². The van der Waals surface area contributed by atoms with Crippen LogP contribution in [0.5, 0.6) is 5.75 Å². The van der Waals surface area contributed by atoms with Crippen LogP contribution in [0.3, 0.4) is 0 Å². The van der Waals surface area contributed by atoms with Gasteiger partial charge in [0.2, 0.25) is 5.91 Å². The fourth-order valence-corrected chi connectivity index (χ4v) is 2.32. The Morgan fingerprint density at radius 2 is 2.28 bits per heavy atom. The minimum Gasteiger partial charge on any atom is -0.497 e. The molecule has 0 bridgehead atoms. The molecule has 1 saturated heterocycles. The minimum absolute atomic E-state index is 0.0742. The molecule has 1 aromatic carbocycles. The molecular weight excluding hydrogens is 230 g/mol. The molecule has 98 valence electrons. The molecule has 5 heteroatoms. The van der Waals surface area contributed by atoms with Crippen molar-refractivity contribution in [3.05, 3.63) is 18.2 Å². The summed E-state index contributed by atoms with van der Waals surface area (Å²) in [6, 6.07) is 5.43. The molecule has 1 aliphatic heterocycles. The first-order valence-electron chi connectivity index (χ1n) is 6.14. The van der Waals surface area contributed by atoms with Crippen molar-refractivity contribution >= 4 is 17.3 Å². The zero-order chi connectivity index (χ0) is 13.1. The number of hydrogen-bond acceptors (Lipinski definition) is 4. The Labute approximate surface area is 107 Å². The molecule has 1 atom stereocenters. The van der Waals surface area contributed by atoms with Crippen LogP contribution in [-0.4, -0.2) is 32.1 Å². The maximum atomic E-state index is 11.8. The summed E-state index contributed by atoms with van der Waals surface area (Å²) in [6.45, 7) is 3.45. The minimum atomic E-state index is -0.134. The molecule has 0 saturated carbocycles. The molecule has 18 heavy (non-hydrogen) atoms. The summed E-state index contributed by atoms with van der Waals surface area (Å²) in [7, 11) is 1.61. The number of hydrogen-bond donors (Lipinski definition) is 2. The number of carbonyl (C=O) groups excluding carboxylic acids is 1. The highest BCUT2D eigenvalue weighted by molar-refractivity contribution is 5.86. The van der Waals surface area contributed by atoms with E-state index in [-0.39, 0.29) is 11.9 Å². The van der Waals surface area contributed by atoms with E-state index in [4.69, 9.17) is 10.5 Å². The van der Waals surface area contributed by atoms with Gasteiger partial charge in [0.15, 0.2) is 0 Å². The van der Waals surface area contributed by atoms with Crippen LogP contribution in [0.2, 0.25) is 0 Å². The number of piperazine rings is 1. The fraction of sp³-hybridized carbons (Fsp3) is 0.462. The van der Waals surface area contributed by atoms with Gasteiger partial charge in [-0.15, -0.1) is 0 Å². The Bertz CT molecular complexity index is 448. The highest BCUT2D eigenvalue weighted by Crippen LogP contribution is 2.28. The standard InChI is InChI=1S/C13H19N3O2/c1-3-12-13(17)15-4-5-16(12)10-6-9(14)7-11(8-10)18-2/h6-8,12H,3-5,14H2,1-2H3,(H,15,17). The Morgan fingerprint density at radius 1 is 1.50 bits per heavy atom. The van der Waals surface area contributed by atoms with E-state index >= 15 is 0 Å². The number of methoxy groups -OCH3 is 1. The van der Waals surface area contributed by atoms with Gasteiger partial charge in [-0.1, -0.05) is 6.92 Å².